The molecular formula is C32H23ClN2O4S. The second-order valence-electron chi connectivity index (χ2n) is 8.87. The first-order valence-electron chi connectivity index (χ1n) is 12.3. The topological polar surface area (TPSA) is 89.4 Å². The van der Waals surface area contributed by atoms with E-state index in [2.05, 4.69) is 11.1 Å². The van der Waals surface area contributed by atoms with Gasteiger partial charge in [-0.3, -0.25) is 0 Å². The lowest BCUT2D eigenvalue weighted by molar-refractivity contribution is 0.0599. The van der Waals surface area contributed by atoms with Gasteiger partial charge in [0.2, 0.25) is 0 Å². The number of benzene rings is 3. The summed E-state index contributed by atoms with van der Waals surface area (Å²) in [5.41, 5.74) is 4.83. The molecule has 1 unspecified atom stereocenters. The van der Waals surface area contributed by atoms with Gasteiger partial charge in [0.05, 0.1) is 29.1 Å². The molecule has 5 rings (SSSR count). The van der Waals surface area contributed by atoms with E-state index in [4.69, 9.17) is 21.3 Å². The van der Waals surface area contributed by atoms with Crippen LogP contribution >= 0.6 is 23.4 Å². The smallest absolute Gasteiger partial charge is 0.354 e. The number of methoxy groups -OCH3 is 1. The van der Waals surface area contributed by atoms with Gasteiger partial charge in [-0.2, -0.15) is 0 Å². The Labute approximate surface area is 240 Å². The van der Waals surface area contributed by atoms with Gasteiger partial charge in [-0.05, 0) is 65.2 Å². The quantitative estimate of drug-likeness (QED) is 0.151. The number of carbonyl (C=O) groups is 2. The van der Waals surface area contributed by atoms with Crippen molar-refractivity contribution in [2.24, 2.45) is 0 Å². The van der Waals surface area contributed by atoms with Crippen LogP contribution in [0.15, 0.2) is 102 Å². The SMILES string of the molecule is COC(=O)c1cccc(C(Sc2ccnc(C(=O)O)c2)c2cccc(/C=C/c3ccc4ccc(Cl)cc4n3)c2)c1. The van der Waals surface area contributed by atoms with Gasteiger partial charge in [0.25, 0.3) is 0 Å². The van der Waals surface area contributed by atoms with E-state index in [1.807, 2.05) is 72.8 Å². The Morgan fingerprint density at radius 3 is 2.50 bits per heavy atom. The van der Waals surface area contributed by atoms with Gasteiger partial charge >= 0.3 is 11.9 Å². The summed E-state index contributed by atoms with van der Waals surface area (Å²) in [5, 5.41) is 10.8. The van der Waals surface area contributed by atoms with Crippen molar-refractivity contribution in [3.05, 3.63) is 136 Å². The number of carboxylic acid groups (broad SMARTS) is 1. The summed E-state index contributed by atoms with van der Waals surface area (Å²) in [6, 6.07) is 28.2. The molecule has 1 N–H and O–H groups in total. The molecule has 0 bridgehead atoms. The van der Waals surface area contributed by atoms with Gasteiger partial charge in [-0.1, -0.05) is 66.2 Å². The van der Waals surface area contributed by atoms with Crippen LogP contribution in [-0.4, -0.2) is 34.1 Å². The van der Waals surface area contributed by atoms with E-state index < -0.39 is 11.9 Å². The van der Waals surface area contributed by atoms with Gasteiger partial charge in [0.15, 0.2) is 0 Å². The van der Waals surface area contributed by atoms with Crippen LogP contribution < -0.4 is 0 Å². The second kappa shape index (κ2) is 12.2. The summed E-state index contributed by atoms with van der Waals surface area (Å²) < 4.78 is 4.92. The number of aromatic carboxylic acids is 1. The third kappa shape index (κ3) is 6.39. The molecular weight excluding hydrogens is 544 g/mol. The van der Waals surface area contributed by atoms with Crippen molar-refractivity contribution in [2.75, 3.05) is 7.11 Å². The van der Waals surface area contributed by atoms with Crippen LogP contribution in [0.2, 0.25) is 5.02 Å². The predicted octanol–water partition coefficient (Wildman–Crippen LogP) is 7.82. The number of aromatic nitrogens is 2. The Morgan fingerprint density at radius 2 is 1.70 bits per heavy atom. The molecule has 5 aromatic rings. The average molecular weight is 567 g/mol. The van der Waals surface area contributed by atoms with E-state index in [1.54, 1.807) is 24.3 Å². The first-order chi connectivity index (χ1) is 19.4. The van der Waals surface area contributed by atoms with Crippen LogP contribution in [0.3, 0.4) is 0 Å². The lowest BCUT2D eigenvalue weighted by Gasteiger charge is -2.19. The fourth-order valence-corrected chi connectivity index (χ4v) is 5.54. The molecule has 0 spiro atoms. The number of nitrogens with zero attached hydrogens (tertiary/aromatic N) is 2. The number of esters is 1. The van der Waals surface area contributed by atoms with Crippen molar-refractivity contribution in [1.82, 2.24) is 9.97 Å². The molecule has 0 aliphatic rings. The van der Waals surface area contributed by atoms with Gasteiger partial charge in [-0.25, -0.2) is 19.6 Å². The Kier molecular flexibility index (Phi) is 8.24. The molecule has 1 atom stereocenters. The number of fused-ring (bicyclic) bond motifs is 1. The third-order valence-corrected chi connectivity index (χ3v) is 7.69. The minimum Gasteiger partial charge on any atom is -0.477 e. The lowest BCUT2D eigenvalue weighted by atomic mass is 10.00. The van der Waals surface area contributed by atoms with Crippen LogP contribution in [0.1, 0.15) is 48.5 Å². The Hall–Kier alpha value is -4.46. The summed E-state index contributed by atoms with van der Waals surface area (Å²) >= 11 is 7.62. The number of hydrogen-bond donors (Lipinski definition) is 1. The Bertz CT molecular complexity index is 1750. The van der Waals surface area contributed by atoms with Crippen molar-refractivity contribution in [1.29, 1.82) is 0 Å². The van der Waals surface area contributed by atoms with Gasteiger partial charge < -0.3 is 9.84 Å². The molecule has 0 amide bonds. The van der Waals surface area contributed by atoms with Crippen molar-refractivity contribution < 1.29 is 19.4 Å². The molecule has 2 heterocycles. The fraction of sp³-hybridized carbons (Fsp3) is 0.0625. The van der Waals surface area contributed by atoms with Crippen LogP contribution in [0.25, 0.3) is 23.1 Å². The van der Waals surface area contributed by atoms with E-state index in [0.29, 0.717) is 10.6 Å². The molecule has 2 aromatic heterocycles. The summed E-state index contributed by atoms with van der Waals surface area (Å²) in [7, 11) is 1.35. The van der Waals surface area contributed by atoms with Crippen molar-refractivity contribution in [2.45, 2.75) is 10.1 Å². The molecule has 8 heteroatoms. The zero-order valence-electron chi connectivity index (χ0n) is 21.3. The highest BCUT2D eigenvalue weighted by molar-refractivity contribution is 7.99. The van der Waals surface area contributed by atoms with Crippen molar-refractivity contribution in [3.63, 3.8) is 0 Å². The molecule has 0 radical (unpaired) electrons. The van der Waals surface area contributed by atoms with E-state index >= 15 is 0 Å². The Balaban J connectivity index is 1.50. The van der Waals surface area contributed by atoms with Crippen molar-refractivity contribution >= 4 is 58.4 Å². The molecule has 3 aromatic carbocycles. The molecule has 6 nitrogen and oxygen atoms in total. The monoisotopic (exact) mass is 566 g/mol. The predicted molar refractivity (Wildman–Crippen MR) is 159 cm³/mol. The first-order valence-corrected chi connectivity index (χ1v) is 13.5. The Morgan fingerprint density at radius 1 is 0.925 bits per heavy atom. The second-order valence-corrected chi connectivity index (χ2v) is 10.5. The largest absolute Gasteiger partial charge is 0.477 e. The number of rotatable bonds is 8. The minimum absolute atomic E-state index is 0.0343. The van der Waals surface area contributed by atoms with Gasteiger partial charge in [0.1, 0.15) is 5.69 Å². The van der Waals surface area contributed by atoms with E-state index in [9.17, 15) is 14.7 Å². The highest BCUT2D eigenvalue weighted by Crippen LogP contribution is 2.41. The molecule has 0 fully saturated rings. The zero-order valence-corrected chi connectivity index (χ0v) is 22.9. The maximum absolute atomic E-state index is 12.3. The van der Waals surface area contributed by atoms with Crippen LogP contribution in [0.5, 0.6) is 0 Å². The number of pyridine rings is 2. The normalized spacial score (nSPS) is 11.9. The van der Waals surface area contributed by atoms with E-state index in [-0.39, 0.29) is 10.9 Å². The van der Waals surface area contributed by atoms with Gasteiger partial charge in [0, 0.05) is 21.5 Å². The third-order valence-electron chi connectivity index (χ3n) is 6.15. The number of ether oxygens (including phenoxy) is 1. The molecule has 40 heavy (non-hydrogen) atoms. The highest BCUT2D eigenvalue weighted by Gasteiger charge is 2.19. The first kappa shape index (κ1) is 27.1. The number of hydrogen-bond acceptors (Lipinski definition) is 6. The standard InChI is InChI=1S/C32H23ClN2O4S/c1-39-32(38)24-7-3-6-23(17-24)30(40-27-14-15-34-29(19-27)31(36)37)22-5-2-4-20(16-22)8-12-26-13-10-21-9-11-25(33)18-28(21)35-26/h2-19,30H,1H3,(H,36,37)/b12-8+. The van der Waals surface area contributed by atoms with Crippen LogP contribution in [0, 0.1) is 0 Å². The number of carbonyl (C=O) groups excluding carboxylic acids is 1. The van der Waals surface area contributed by atoms with E-state index in [0.717, 1.165) is 38.2 Å². The maximum atomic E-state index is 12.3. The van der Waals surface area contributed by atoms with Crippen LogP contribution in [-0.2, 0) is 4.74 Å². The number of thioether (sulfide) groups is 1. The maximum Gasteiger partial charge on any atom is 0.354 e. The summed E-state index contributed by atoms with van der Waals surface area (Å²) in [6.45, 7) is 0. The average Bonchev–Trinajstić information content (AvgIpc) is 2.98. The molecule has 0 aliphatic carbocycles. The summed E-state index contributed by atoms with van der Waals surface area (Å²) in [6.07, 6.45) is 5.42. The number of halogens is 1. The van der Waals surface area contributed by atoms with Gasteiger partial charge in [-0.15, -0.1) is 11.8 Å². The molecule has 0 saturated carbocycles. The molecule has 0 aliphatic heterocycles. The van der Waals surface area contributed by atoms with E-state index in [1.165, 1.54) is 25.1 Å². The molecule has 198 valence electrons. The zero-order chi connectivity index (χ0) is 28.1. The molecule has 0 saturated heterocycles. The van der Waals surface area contributed by atoms with Crippen LogP contribution in [0.4, 0.5) is 0 Å². The minimum atomic E-state index is -1.09. The van der Waals surface area contributed by atoms with Crippen molar-refractivity contribution in [3.8, 4) is 0 Å². The fourth-order valence-electron chi connectivity index (χ4n) is 4.22. The summed E-state index contributed by atoms with van der Waals surface area (Å²) in [4.78, 5) is 33.1. The summed E-state index contributed by atoms with van der Waals surface area (Å²) in [5.74, 6) is -1.52. The lowest BCUT2D eigenvalue weighted by Crippen LogP contribution is -2.04. The highest BCUT2D eigenvalue weighted by atomic mass is 35.5. The number of carboxylic acids is 1.